The number of aromatic nitrogens is 6. The lowest BCUT2D eigenvalue weighted by molar-refractivity contribution is 0.222. The molecule has 9 nitrogen and oxygen atoms in total. The van der Waals surface area contributed by atoms with Crippen LogP contribution in [0.4, 0.5) is 5.82 Å². The van der Waals surface area contributed by atoms with Crippen molar-refractivity contribution in [2.45, 2.75) is 69.4 Å². The maximum atomic E-state index is 13.8. The van der Waals surface area contributed by atoms with Crippen molar-refractivity contribution in [1.29, 1.82) is 0 Å². The van der Waals surface area contributed by atoms with Crippen LogP contribution in [-0.2, 0) is 17.7 Å². The van der Waals surface area contributed by atoms with Gasteiger partial charge in [-0.2, -0.15) is 0 Å². The summed E-state index contributed by atoms with van der Waals surface area (Å²) in [6.07, 6.45) is 10.6. The first-order chi connectivity index (χ1) is 18.4. The number of aryl methyl sites for hydroxylation is 1. The van der Waals surface area contributed by atoms with Crippen molar-refractivity contribution in [1.82, 2.24) is 29.5 Å². The lowest BCUT2D eigenvalue weighted by Gasteiger charge is -2.33. The summed E-state index contributed by atoms with van der Waals surface area (Å²) in [5, 5.41) is 3.23. The summed E-state index contributed by atoms with van der Waals surface area (Å²) in [5.74, 6) is 1.66. The highest BCUT2D eigenvalue weighted by molar-refractivity contribution is 7.90. The number of rotatable bonds is 8. The van der Waals surface area contributed by atoms with Gasteiger partial charge in [0.2, 0.25) is 0 Å². The first-order valence-corrected chi connectivity index (χ1v) is 14.7. The molecular formula is C28H31N7O2S. The molecule has 0 amide bonds. The second-order valence-electron chi connectivity index (χ2n) is 10.4. The second kappa shape index (κ2) is 10.1. The van der Waals surface area contributed by atoms with E-state index in [0.717, 1.165) is 53.1 Å². The van der Waals surface area contributed by atoms with Gasteiger partial charge in [-0.05, 0) is 74.3 Å². The summed E-state index contributed by atoms with van der Waals surface area (Å²) in [4.78, 5) is 37.9. The highest BCUT2D eigenvalue weighted by atomic mass is 32.2. The van der Waals surface area contributed by atoms with E-state index in [1.165, 1.54) is 6.42 Å². The third-order valence-corrected chi connectivity index (χ3v) is 8.78. The number of nitrogens with one attached hydrogen (secondary N) is 1. The average Bonchev–Trinajstić information content (AvgIpc) is 3.72. The quantitative estimate of drug-likeness (QED) is 0.330. The van der Waals surface area contributed by atoms with Gasteiger partial charge in [0.1, 0.15) is 18.1 Å². The van der Waals surface area contributed by atoms with Crippen molar-refractivity contribution >= 4 is 28.2 Å². The minimum atomic E-state index is -1.03. The molecule has 2 aliphatic carbocycles. The highest BCUT2D eigenvalue weighted by Gasteiger charge is 2.31. The molecule has 6 rings (SSSR count). The maximum Gasteiger partial charge on any atom is 0.295 e. The van der Waals surface area contributed by atoms with E-state index in [0.29, 0.717) is 35.4 Å². The molecule has 10 heteroatoms. The van der Waals surface area contributed by atoms with Crippen LogP contribution in [-0.4, -0.2) is 40.3 Å². The first-order valence-electron chi connectivity index (χ1n) is 13.2. The topological polar surface area (TPSA) is 122 Å². The predicted molar refractivity (Wildman–Crippen MR) is 147 cm³/mol. The van der Waals surface area contributed by atoms with Crippen molar-refractivity contribution in [2.75, 3.05) is 11.6 Å². The van der Waals surface area contributed by atoms with Crippen LogP contribution in [0.1, 0.15) is 67.9 Å². The zero-order chi connectivity index (χ0) is 26.4. The van der Waals surface area contributed by atoms with Crippen LogP contribution in [0.3, 0.4) is 0 Å². The van der Waals surface area contributed by atoms with Crippen molar-refractivity contribution in [2.24, 2.45) is 5.92 Å². The van der Waals surface area contributed by atoms with Gasteiger partial charge >= 0.3 is 0 Å². The number of hydrogen-bond donors (Lipinski definition) is 1. The molecular weight excluding hydrogens is 498 g/mol. The van der Waals surface area contributed by atoms with Gasteiger partial charge in [-0.1, -0.05) is 18.6 Å². The summed E-state index contributed by atoms with van der Waals surface area (Å²) in [5.41, 5.74) is 4.60. The Balaban J connectivity index is 1.41. The third kappa shape index (κ3) is 4.67. The molecule has 3 heterocycles. The first kappa shape index (κ1) is 24.9. The SMILES string of the molecule is Cc1ncnc(C2CC2)c1-c1ncc2nc(NCc3ccc([S+](C)[O-])cc3)c(=O)n([C@@H](C)C3CCC3)c2n1. The Bertz CT molecular complexity index is 1550. The van der Waals surface area contributed by atoms with E-state index in [1.807, 2.05) is 31.2 Å². The van der Waals surface area contributed by atoms with E-state index >= 15 is 0 Å². The minimum absolute atomic E-state index is 0.0140. The molecule has 1 aromatic carbocycles. The molecule has 4 aromatic rings. The smallest absolute Gasteiger partial charge is 0.295 e. The number of anilines is 1. The minimum Gasteiger partial charge on any atom is -0.612 e. The molecule has 2 saturated carbocycles. The van der Waals surface area contributed by atoms with Crippen molar-refractivity contribution < 1.29 is 4.55 Å². The molecule has 38 heavy (non-hydrogen) atoms. The molecule has 0 bridgehead atoms. The van der Waals surface area contributed by atoms with E-state index in [-0.39, 0.29) is 17.4 Å². The standard InChI is InChI=1S/C28H31N7O2S/c1-16-23(24(20-9-10-20)32-15-31-16)25-30-14-22-27(34-25)35(17(2)19-5-4-6-19)28(36)26(33-22)29-13-18-7-11-21(12-8-18)38(3)37/h7-8,11-12,14-15,17,19-20H,4-6,9-10,13H2,1-3H3,(H,29,33)/t17-,38?/m0/s1. The van der Waals surface area contributed by atoms with Gasteiger partial charge in [0.25, 0.3) is 5.56 Å². The van der Waals surface area contributed by atoms with Crippen molar-refractivity contribution in [3.8, 4) is 11.4 Å². The van der Waals surface area contributed by atoms with Crippen LogP contribution in [0.5, 0.6) is 0 Å². The fourth-order valence-electron chi connectivity index (χ4n) is 5.17. The van der Waals surface area contributed by atoms with E-state index in [2.05, 4.69) is 32.2 Å². The Morgan fingerprint density at radius 1 is 1.11 bits per heavy atom. The van der Waals surface area contributed by atoms with Crippen molar-refractivity contribution in [3.63, 3.8) is 0 Å². The molecule has 0 spiro atoms. The van der Waals surface area contributed by atoms with Gasteiger partial charge in [-0.25, -0.2) is 24.9 Å². The zero-order valence-corrected chi connectivity index (χ0v) is 22.7. The van der Waals surface area contributed by atoms with Gasteiger partial charge in [0.15, 0.2) is 22.2 Å². The molecule has 0 radical (unpaired) electrons. The van der Waals surface area contributed by atoms with Gasteiger partial charge < -0.3 is 9.87 Å². The van der Waals surface area contributed by atoms with Gasteiger partial charge in [-0.15, -0.1) is 0 Å². The van der Waals surface area contributed by atoms with Crippen LogP contribution < -0.4 is 10.9 Å². The summed E-state index contributed by atoms with van der Waals surface area (Å²) in [6, 6.07) is 7.51. The summed E-state index contributed by atoms with van der Waals surface area (Å²) in [7, 11) is 0. The number of nitrogens with zero attached hydrogens (tertiary/aromatic N) is 6. The lowest BCUT2D eigenvalue weighted by Crippen LogP contribution is -2.33. The fourth-order valence-corrected chi connectivity index (χ4v) is 5.69. The van der Waals surface area contributed by atoms with Crippen LogP contribution in [0.25, 0.3) is 22.6 Å². The van der Waals surface area contributed by atoms with Gasteiger partial charge in [0.05, 0.1) is 23.1 Å². The van der Waals surface area contributed by atoms with Gasteiger partial charge in [0, 0.05) is 18.5 Å². The maximum absolute atomic E-state index is 13.8. The van der Waals surface area contributed by atoms with E-state index in [4.69, 9.17) is 4.98 Å². The Labute approximate surface area is 224 Å². The summed E-state index contributed by atoms with van der Waals surface area (Å²) < 4.78 is 13.5. The zero-order valence-electron chi connectivity index (χ0n) is 21.8. The average molecular weight is 530 g/mol. The predicted octanol–water partition coefficient (Wildman–Crippen LogP) is 4.54. The van der Waals surface area contributed by atoms with E-state index in [9.17, 15) is 9.35 Å². The van der Waals surface area contributed by atoms with Gasteiger partial charge in [-0.3, -0.25) is 9.36 Å². The summed E-state index contributed by atoms with van der Waals surface area (Å²) >= 11 is -1.03. The monoisotopic (exact) mass is 529 g/mol. The Kier molecular flexibility index (Phi) is 6.61. The van der Waals surface area contributed by atoms with Crippen LogP contribution in [0, 0.1) is 12.8 Å². The lowest BCUT2D eigenvalue weighted by atomic mass is 9.80. The molecule has 0 aliphatic heterocycles. The Hall–Kier alpha value is -3.37. The Morgan fingerprint density at radius 3 is 2.53 bits per heavy atom. The van der Waals surface area contributed by atoms with Crippen LogP contribution in [0.2, 0.25) is 0 Å². The fraction of sp³-hybridized carbons (Fsp3) is 0.429. The summed E-state index contributed by atoms with van der Waals surface area (Å²) in [6.45, 7) is 4.48. The van der Waals surface area contributed by atoms with Crippen LogP contribution >= 0.6 is 0 Å². The molecule has 196 valence electrons. The normalized spacial score (nSPS) is 17.3. The second-order valence-corrected chi connectivity index (χ2v) is 11.8. The third-order valence-electron chi connectivity index (χ3n) is 7.84. The molecule has 2 fully saturated rings. The van der Waals surface area contributed by atoms with E-state index < -0.39 is 11.2 Å². The molecule has 1 N–H and O–H groups in total. The van der Waals surface area contributed by atoms with E-state index in [1.54, 1.807) is 23.3 Å². The van der Waals surface area contributed by atoms with Crippen molar-refractivity contribution in [3.05, 3.63) is 64.1 Å². The number of fused-ring (bicyclic) bond motifs is 1. The number of benzene rings is 1. The molecule has 3 aromatic heterocycles. The van der Waals surface area contributed by atoms with Crippen LogP contribution in [0.15, 0.2) is 46.5 Å². The molecule has 2 atom stereocenters. The Morgan fingerprint density at radius 2 is 1.87 bits per heavy atom. The highest BCUT2D eigenvalue weighted by Crippen LogP contribution is 2.43. The molecule has 0 saturated heterocycles. The largest absolute Gasteiger partial charge is 0.612 e. The number of hydrogen-bond acceptors (Lipinski definition) is 8. The molecule has 2 aliphatic rings. The molecule has 1 unspecified atom stereocenters.